The van der Waals surface area contributed by atoms with Crippen molar-refractivity contribution in [1.29, 1.82) is 0 Å². The highest BCUT2D eigenvalue weighted by Gasteiger charge is 2.53. The van der Waals surface area contributed by atoms with Crippen LogP contribution in [0.15, 0.2) is 30.3 Å². The molecule has 3 atom stereocenters. The fraction of sp³-hybridized carbons (Fsp3) is 0.500. The number of amides is 2. The lowest BCUT2D eigenvalue weighted by molar-refractivity contribution is -0.147. The van der Waals surface area contributed by atoms with Crippen LogP contribution in [0.25, 0.3) is 0 Å². The van der Waals surface area contributed by atoms with Gasteiger partial charge in [0.15, 0.2) is 5.12 Å². The lowest BCUT2D eigenvalue weighted by Crippen LogP contribution is -2.62. The van der Waals surface area contributed by atoms with Gasteiger partial charge in [-0.15, -0.1) is 0 Å². The molecule has 0 bridgehead atoms. The van der Waals surface area contributed by atoms with Crippen molar-refractivity contribution in [2.75, 3.05) is 6.54 Å². The minimum atomic E-state index is -1.28. The number of nitrogens with one attached hydrogen (secondary N) is 1. The maximum Gasteiger partial charge on any atom is 0.326 e. The highest BCUT2D eigenvalue weighted by atomic mass is 32.2. The number of thioether (sulfide) groups is 1. The quantitative estimate of drug-likeness (QED) is 0.716. The van der Waals surface area contributed by atoms with E-state index >= 15 is 0 Å². The van der Waals surface area contributed by atoms with Gasteiger partial charge < -0.3 is 15.3 Å². The van der Waals surface area contributed by atoms with Crippen LogP contribution in [-0.2, 0) is 25.6 Å². The Morgan fingerprint density at radius 3 is 2.46 bits per heavy atom. The van der Waals surface area contributed by atoms with E-state index in [4.69, 9.17) is 0 Å². The molecule has 7 nitrogen and oxygen atoms in total. The Bertz CT molecular complexity index is 754. The number of hydrogen-bond acceptors (Lipinski definition) is 5. The molecule has 1 aliphatic heterocycles. The Hall–Kier alpha value is -2.35. The van der Waals surface area contributed by atoms with Crippen LogP contribution in [0.4, 0.5) is 0 Å². The summed E-state index contributed by atoms with van der Waals surface area (Å²) in [5.41, 5.74) is -0.503. The highest BCUT2D eigenvalue weighted by molar-refractivity contribution is 8.14. The second-order valence-corrected chi connectivity index (χ2v) is 8.37. The lowest BCUT2D eigenvalue weighted by Gasteiger charge is -2.38. The normalized spacial score (nSPS) is 22.5. The number of likely N-dealkylation sites (tertiary alicyclic amines) is 1. The molecule has 28 heavy (non-hydrogen) atoms. The van der Waals surface area contributed by atoms with Gasteiger partial charge in [0.1, 0.15) is 11.6 Å². The highest BCUT2D eigenvalue weighted by Crippen LogP contribution is 2.39. The maximum absolute atomic E-state index is 13.2. The van der Waals surface area contributed by atoms with Crippen molar-refractivity contribution < 1.29 is 24.3 Å². The first-order valence-electron chi connectivity index (χ1n) is 9.25. The van der Waals surface area contributed by atoms with Gasteiger partial charge in [0.05, 0.1) is 0 Å². The number of benzene rings is 1. The zero-order valence-corrected chi connectivity index (χ0v) is 17.1. The zero-order valence-electron chi connectivity index (χ0n) is 16.3. The van der Waals surface area contributed by atoms with Crippen molar-refractivity contribution in [1.82, 2.24) is 10.2 Å². The summed E-state index contributed by atoms with van der Waals surface area (Å²) in [6.45, 7) is 5.10. The van der Waals surface area contributed by atoms with Crippen molar-refractivity contribution in [2.24, 2.45) is 0 Å². The van der Waals surface area contributed by atoms with E-state index < -0.39 is 28.7 Å². The van der Waals surface area contributed by atoms with E-state index in [0.29, 0.717) is 13.0 Å². The predicted molar refractivity (Wildman–Crippen MR) is 107 cm³/mol. The largest absolute Gasteiger partial charge is 0.480 e. The second-order valence-electron chi connectivity index (χ2n) is 6.99. The van der Waals surface area contributed by atoms with Crippen LogP contribution in [0.1, 0.15) is 39.2 Å². The van der Waals surface area contributed by atoms with Gasteiger partial charge >= 0.3 is 5.97 Å². The molecular weight excluding hydrogens is 380 g/mol. The van der Waals surface area contributed by atoms with Crippen LogP contribution in [-0.4, -0.2) is 56.3 Å². The van der Waals surface area contributed by atoms with Crippen LogP contribution in [0.5, 0.6) is 0 Å². The predicted octanol–water partition coefficient (Wildman–Crippen LogP) is 1.85. The zero-order chi connectivity index (χ0) is 20.9. The van der Waals surface area contributed by atoms with Crippen molar-refractivity contribution >= 4 is 34.7 Å². The van der Waals surface area contributed by atoms with E-state index in [0.717, 1.165) is 17.3 Å². The summed E-state index contributed by atoms with van der Waals surface area (Å²) in [4.78, 5) is 50.5. The molecule has 1 heterocycles. The number of carbonyl (C=O) groups excluding carboxylic acids is 3. The molecule has 1 aromatic carbocycles. The third-order valence-corrected chi connectivity index (χ3v) is 6.37. The number of carbonyl (C=O) groups is 4. The molecule has 2 amide bonds. The molecule has 1 unspecified atom stereocenters. The minimum absolute atomic E-state index is 0.129. The maximum atomic E-state index is 13.2. The molecule has 0 aliphatic carbocycles. The summed E-state index contributed by atoms with van der Waals surface area (Å²) in [6.07, 6.45) is 0.854. The van der Waals surface area contributed by atoms with Crippen molar-refractivity contribution in [3.8, 4) is 0 Å². The van der Waals surface area contributed by atoms with Crippen LogP contribution >= 0.6 is 11.8 Å². The number of rotatable bonds is 7. The lowest BCUT2D eigenvalue weighted by atomic mass is 9.95. The molecule has 1 aromatic rings. The van der Waals surface area contributed by atoms with E-state index in [9.17, 15) is 24.3 Å². The molecule has 152 valence electrons. The van der Waals surface area contributed by atoms with Gasteiger partial charge in [-0.1, -0.05) is 49.0 Å². The molecule has 0 radical (unpaired) electrons. The van der Waals surface area contributed by atoms with Gasteiger partial charge in [-0.05, 0) is 18.9 Å². The molecule has 0 saturated carbocycles. The van der Waals surface area contributed by atoms with Gasteiger partial charge in [0, 0.05) is 31.6 Å². The Morgan fingerprint density at radius 1 is 1.29 bits per heavy atom. The van der Waals surface area contributed by atoms with E-state index in [1.807, 2.05) is 6.07 Å². The van der Waals surface area contributed by atoms with Gasteiger partial charge in [-0.2, -0.15) is 0 Å². The molecule has 2 N–H and O–H groups in total. The molecule has 0 spiro atoms. The van der Waals surface area contributed by atoms with E-state index in [-0.39, 0.29) is 23.9 Å². The molecule has 1 saturated heterocycles. The smallest absolute Gasteiger partial charge is 0.326 e. The van der Waals surface area contributed by atoms with E-state index in [2.05, 4.69) is 5.32 Å². The Balaban J connectivity index is 2.27. The fourth-order valence-corrected chi connectivity index (χ4v) is 4.59. The monoisotopic (exact) mass is 406 g/mol. The third-order valence-electron chi connectivity index (χ3n) is 5.06. The summed E-state index contributed by atoms with van der Waals surface area (Å²) < 4.78 is 0. The van der Waals surface area contributed by atoms with Gasteiger partial charge in [-0.25, -0.2) is 4.79 Å². The number of nitrogens with zero attached hydrogens (tertiary/aromatic N) is 1. The van der Waals surface area contributed by atoms with Crippen LogP contribution in [0.2, 0.25) is 0 Å². The average Bonchev–Trinajstić information content (AvgIpc) is 2.98. The standard InChI is InChI=1S/C20H26N2O5S/c1-4-17(24)22-11-10-16(28-13(2)23)20(22,3)19(27)21-15(18(25)26)12-14-8-6-5-7-9-14/h5-9,15-16H,4,10-12H2,1-3H3,(H,21,27)(H,25,26)/t15-,16?,20-/m0/s1. The average molecular weight is 407 g/mol. The Kier molecular flexibility index (Phi) is 7.23. The molecule has 0 aromatic heterocycles. The van der Waals surface area contributed by atoms with Crippen molar-refractivity contribution in [3.63, 3.8) is 0 Å². The first-order valence-corrected chi connectivity index (χ1v) is 10.1. The number of aliphatic carboxylic acids is 1. The van der Waals surface area contributed by atoms with Crippen LogP contribution in [0.3, 0.4) is 0 Å². The summed E-state index contributed by atoms with van der Waals surface area (Å²) in [5.74, 6) is -1.89. The third kappa shape index (κ3) is 4.73. The van der Waals surface area contributed by atoms with Crippen molar-refractivity contribution in [3.05, 3.63) is 35.9 Å². The summed E-state index contributed by atoms with van der Waals surface area (Å²) >= 11 is 1.03. The van der Waals surface area contributed by atoms with Gasteiger partial charge in [0.2, 0.25) is 11.8 Å². The molecular formula is C20H26N2O5S. The van der Waals surface area contributed by atoms with Gasteiger partial charge in [-0.3, -0.25) is 14.4 Å². The number of carboxylic acids is 1. The molecule has 8 heteroatoms. The first kappa shape index (κ1) is 21.9. The molecule has 1 aliphatic rings. The summed E-state index contributed by atoms with van der Waals surface area (Å²) in [5, 5.41) is 11.6. The SMILES string of the molecule is CCC(=O)N1CCC(SC(C)=O)[C@@]1(C)C(=O)N[C@@H](Cc1ccccc1)C(=O)O. The van der Waals surface area contributed by atoms with E-state index in [1.54, 1.807) is 38.1 Å². The Morgan fingerprint density at radius 2 is 1.93 bits per heavy atom. The number of hydrogen-bond donors (Lipinski definition) is 2. The Labute approximate surface area is 168 Å². The molecule has 2 rings (SSSR count). The number of carboxylic acid groups (broad SMARTS) is 1. The second kappa shape index (κ2) is 9.23. The summed E-state index contributed by atoms with van der Waals surface area (Å²) in [6, 6.07) is 7.88. The van der Waals surface area contributed by atoms with E-state index in [1.165, 1.54) is 11.8 Å². The van der Waals surface area contributed by atoms with Crippen molar-refractivity contribution in [2.45, 2.75) is 56.9 Å². The topological polar surface area (TPSA) is 104 Å². The molecule has 1 fully saturated rings. The van der Waals surface area contributed by atoms with Gasteiger partial charge in [0.25, 0.3) is 0 Å². The fourth-order valence-electron chi connectivity index (χ4n) is 3.51. The van der Waals surface area contributed by atoms with Crippen LogP contribution in [0, 0.1) is 0 Å². The minimum Gasteiger partial charge on any atom is -0.480 e. The summed E-state index contributed by atoms with van der Waals surface area (Å²) in [7, 11) is 0. The van der Waals surface area contributed by atoms with Crippen LogP contribution < -0.4 is 5.32 Å². The first-order chi connectivity index (χ1) is 13.2.